The number of aryl methyl sites for hydroxylation is 2. The number of likely N-dealkylation sites (tertiary alicyclic amines) is 1. The third-order valence-corrected chi connectivity index (χ3v) is 4.98. The second-order valence-electron chi connectivity index (χ2n) is 6.87. The van der Waals surface area contributed by atoms with E-state index < -0.39 is 0 Å². The predicted octanol–water partition coefficient (Wildman–Crippen LogP) is 3.80. The Balaban J connectivity index is 1.83. The molecule has 0 spiro atoms. The molecule has 0 aromatic heterocycles. The molecule has 0 unspecified atom stereocenters. The number of para-hydroxylation sites is 1. The van der Waals surface area contributed by atoms with Gasteiger partial charge in [0.1, 0.15) is 0 Å². The van der Waals surface area contributed by atoms with Crippen molar-refractivity contribution in [3.8, 4) is 0 Å². The lowest BCUT2D eigenvalue weighted by atomic mass is 9.98. The molecular formula is C19H31N3O. The van der Waals surface area contributed by atoms with E-state index in [1.165, 1.54) is 18.4 Å². The van der Waals surface area contributed by atoms with Crippen molar-refractivity contribution in [2.75, 3.05) is 25.0 Å². The molecule has 1 aliphatic heterocycles. The summed E-state index contributed by atoms with van der Waals surface area (Å²) in [7, 11) is 0. The van der Waals surface area contributed by atoms with Crippen LogP contribution in [0.25, 0.3) is 0 Å². The minimum Gasteiger partial charge on any atom is -0.336 e. The number of benzene rings is 1. The Morgan fingerprint density at radius 1 is 1.35 bits per heavy atom. The maximum absolute atomic E-state index is 12.2. The van der Waals surface area contributed by atoms with Crippen LogP contribution in [-0.4, -0.2) is 36.6 Å². The first-order valence-corrected chi connectivity index (χ1v) is 8.88. The number of carbonyl (C=O) groups excluding carboxylic acids is 1. The highest BCUT2D eigenvalue weighted by molar-refractivity contribution is 5.91. The smallest absolute Gasteiger partial charge is 0.319 e. The number of nitrogens with zero attached hydrogens (tertiary/aromatic N) is 1. The number of carbonyl (C=O) groups is 1. The van der Waals surface area contributed by atoms with Crippen LogP contribution in [0.15, 0.2) is 18.2 Å². The Hall–Kier alpha value is -1.55. The molecule has 1 aromatic carbocycles. The summed E-state index contributed by atoms with van der Waals surface area (Å²) in [4.78, 5) is 14.7. The first-order valence-electron chi connectivity index (χ1n) is 8.88. The summed E-state index contributed by atoms with van der Waals surface area (Å²) in [6.45, 7) is 11.6. The summed E-state index contributed by atoms with van der Waals surface area (Å²) in [5.74, 6) is 0.836. The first-order chi connectivity index (χ1) is 11.0. The van der Waals surface area contributed by atoms with E-state index in [1.54, 1.807) is 0 Å². The molecule has 2 N–H and O–H groups in total. The number of rotatable bonds is 5. The Bertz CT molecular complexity index is 521. The van der Waals surface area contributed by atoms with Crippen LogP contribution < -0.4 is 10.6 Å². The van der Waals surface area contributed by atoms with Crippen LogP contribution in [0.1, 0.15) is 44.7 Å². The Morgan fingerprint density at radius 2 is 2.04 bits per heavy atom. The van der Waals surface area contributed by atoms with E-state index in [1.807, 2.05) is 19.1 Å². The number of amides is 2. The van der Waals surface area contributed by atoms with E-state index in [9.17, 15) is 4.79 Å². The van der Waals surface area contributed by atoms with Gasteiger partial charge in [0.2, 0.25) is 0 Å². The van der Waals surface area contributed by atoms with E-state index in [0.717, 1.165) is 36.7 Å². The topological polar surface area (TPSA) is 44.4 Å². The van der Waals surface area contributed by atoms with E-state index in [0.29, 0.717) is 12.6 Å². The summed E-state index contributed by atoms with van der Waals surface area (Å²) in [6.07, 6.45) is 3.44. The molecule has 1 atom stereocenters. The monoisotopic (exact) mass is 317 g/mol. The van der Waals surface area contributed by atoms with Gasteiger partial charge in [0.25, 0.3) is 0 Å². The fourth-order valence-corrected chi connectivity index (χ4v) is 3.20. The highest BCUT2D eigenvalue weighted by Gasteiger charge is 2.20. The van der Waals surface area contributed by atoms with Crippen molar-refractivity contribution < 1.29 is 4.79 Å². The van der Waals surface area contributed by atoms with Crippen molar-refractivity contribution in [3.05, 3.63) is 29.3 Å². The fourth-order valence-electron chi connectivity index (χ4n) is 3.20. The summed E-state index contributed by atoms with van der Waals surface area (Å²) >= 11 is 0. The van der Waals surface area contributed by atoms with Crippen LogP contribution in [0.2, 0.25) is 0 Å². The van der Waals surface area contributed by atoms with Gasteiger partial charge in [0, 0.05) is 18.3 Å². The number of nitrogens with one attached hydrogen (secondary N) is 2. The maximum atomic E-state index is 12.2. The zero-order valence-electron chi connectivity index (χ0n) is 15.0. The van der Waals surface area contributed by atoms with E-state index >= 15 is 0 Å². The first kappa shape index (κ1) is 17.8. The molecule has 1 saturated heterocycles. The number of anilines is 1. The summed E-state index contributed by atoms with van der Waals surface area (Å²) < 4.78 is 0. The molecule has 4 heteroatoms. The van der Waals surface area contributed by atoms with E-state index in [2.05, 4.69) is 42.4 Å². The van der Waals surface area contributed by atoms with Gasteiger partial charge in [-0.15, -0.1) is 0 Å². The third-order valence-electron chi connectivity index (χ3n) is 4.98. The molecular weight excluding hydrogens is 286 g/mol. The highest BCUT2D eigenvalue weighted by atomic mass is 16.2. The minimum absolute atomic E-state index is 0.105. The molecule has 0 bridgehead atoms. The van der Waals surface area contributed by atoms with Crippen molar-refractivity contribution in [2.45, 2.75) is 53.0 Å². The average Bonchev–Trinajstić information content (AvgIpc) is 2.55. The number of urea groups is 1. The van der Waals surface area contributed by atoms with Crippen molar-refractivity contribution >= 4 is 11.7 Å². The molecule has 4 nitrogen and oxygen atoms in total. The number of piperidine rings is 1. The predicted molar refractivity (Wildman–Crippen MR) is 97.0 cm³/mol. The molecule has 1 aromatic rings. The summed E-state index contributed by atoms with van der Waals surface area (Å²) in [5.41, 5.74) is 3.24. The van der Waals surface area contributed by atoms with Crippen LogP contribution in [0.5, 0.6) is 0 Å². The second kappa shape index (κ2) is 8.34. The van der Waals surface area contributed by atoms with Crippen molar-refractivity contribution in [1.29, 1.82) is 0 Å². The van der Waals surface area contributed by atoms with Crippen LogP contribution in [0, 0.1) is 12.8 Å². The third kappa shape index (κ3) is 4.96. The summed E-state index contributed by atoms with van der Waals surface area (Å²) in [6, 6.07) is 6.42. The lowest BCUT2D eigenvalue weighted by molar-refractivity contribution is 0.146. The van der Waals surface area contributed by atoms with Crippen LogP contribution in [0.4, 0.5) is 10.5 Å². The molecule has 0 saturated carbocycles. The molecule has 1 aliphatic rings. The SMILES string of the molecule is CCc1cccc(C)c1NC(=O)NC[C@H](C)N1CCC(C)CC1. The van der Waals surface area contributed by atoms with Gasteiger partial charge in [-0.3, -0.25) is 4.90 Å². The largest absolute Gasteiger partial charge is 0.336 e. The second-order valence-corrected chi connectivity index (χ2v) is 6.87. The van der Waals surface area contributed by atoms with Crippen LogP contribution >= 0.6 is 0 Å². The standard InChI is InChI=1S/C19H31N3O/c1-5-17-8-6-7-15(3)18(17)21-19(23)20-13-16(4)22-11-9-14(2)10-12-22/h6-8,14,16H,5,9-13H2,1-4H3,(H2,20,21,23)/t16-/m0/s1. The number of hydrogen-bond acceptors (Lipinski definition) is 2. The van der Waals surface area contributed by atoms with Gasteiger partial charge in [-0.05, 0) is 63.2 Å². The molecule has 23 heavy (non-hydrogen) atoms. The number of hydrogen-bond donors (Lipinski definition) is 2. The Morgan fingerprint density at radius 3 is 2.70 bits per heavy atom. The molecule has 2 rings (SSSR count). The zero-order valence-corrected chi connectivity index (χ0v) is 15.0. The van der Waals surface area contributed by atoms with Crippen LogP contribution in [-0.2, 0) is 6.42 Å². The molecule has 128 valence electrons. The van der Waals surface area contributed by atoms with Crippen molar-refractivity contribution in [3.63, 3.8) is 0 Å². The average molecular weight is 317 g/mol. The van der Waals surface area contributed by atoms with E-state index in [4.69, 9.17) is 0 Å². The molecule has 1 fully saturated rings. The van der Waals surface area contributed by atoms with Gasteiger partial charge in [0.15, 0.2) is 0 Å². The van der Waals surface area contributed by atoms with Gasteiger partial charge in [-0.25, -0.2) is 4.79 Å². The Kier molecular flexibility index (Phi) is 6.46. The van der Waals surface area contributed by atoms with Gasteiger partial charge >= 0.3 is 6.03 Å². The van der Waals surface area contributed by atoms with Crippen LogP contribution in [0.3, 0.4) is 0 Å². The highest BCUT2D eigenvalue weighted by Crippen LogP contribution is 2.21. The van der Waals surface area contributed by atoms with Gasteiger partial charge in [-0.2, -0.15) is 0 Å². The maximum Gasteiger partial charge on any atom is 0.319 e. The summed E-state index contributed by atoms with van der Waals surface area (Å²) in [5, 5.41) is 6.05. The quantitative estimate of drug-likeness (QED) is 0.867. The lowest BCUT2D eigenvalue weighted by Gasteiger charge is -2.35. The molecule has 2 amide bonds. The molecule has 1 heterocycles. The van der Waals surface area contributed by atoms with Crippen molar-refractivity contribution in [2.24, 2.45) is 5.92 Å². The van der Waals surface area contributed by atoms with Gasteiger partial charge < -0.3 is 10.6 Å². The molecule has 0 aliphatic carbocycles. The Labute approximate surface area is 140 Å². The van der Waals surface area contributed by atoms with E-state index in [-0.39, 0.29) is 6.03 Å². The molecule has 0 radical (unpaired) electrons. The van der Waals surface area contributed by atoms with Crippen molar-refractivity contribution in [1.82, 2.24) is 10.2 Å². The minimum atomic E-state index is -0.105. The normalized spacial score (nSPS) is 17.7. The zero-order chi connectivity index (χ0) is 16.8. The lowest BCUT2D eigenvalue weighted by Crippen LogP contribution is -2.46. The fraction of sp³-hybridized carbons (Fsp3) is 0.632. The van der Waals surface area contributed by atoms with Gasteiger partial charge in [-0.1, -0.05) is 32.0 Å². The van der Waals surface area contributed by atoms with Gasteiger partial charge in [0.05, 0.1) is 0 Å².